The van der Waals surface area contributed by atoms with Crippen LogP contribution >= 0.6 is 22.9 Å². The molecule has 2 N–H and O–H groups in total. The maximum atomic E-state index is 12.8. The van der Waals surface area contributed by atoms with Crippen molar-refractivity contribution in [2.45, 2.75) is 18.1 Å². The van der Waals surface area contributed by atoms with E-state index in [1.54, 1.807) is 0 Å². The summed E-state index contributed by atoms with van der Waals surface area (Å²) in [7, 11) is 0. The highest BCUT2D eigenvalue weighted by Crippen LogP contribution is 2.45. The molecule has 1 aromatic rings. The molecule has 0 aliphatic heterocycles. The number of hydrogen-bond acceptors (Lipinski definition) is 2. The fourth-order valence-corrected chi connectivity index (χ4v) is 2.08. The molecule has 15 heavy (non-hydrogen) atoms. The number of halogens is 6. The van der Waals surface area contributed by atoms with Crippen molar-refractivity contribution in [2.24, 2.45) is 5.73 Å². The zero-order valence-electron chi connectivity index (χ0n) is 6.99. The number of alkyl halides is 5. The zero-order chi connectivity index (χ0) is 11.9. The highest BCUT2D eigenvalue weighted by molar-refractivity contribution is 7.10. The fourth-order valence-electron chi connectivity index (χ4n) is 0.868. The van der Waals surface area contributed by atoms with Crippen LogP contribution in [-0.2, 0) is 0 Å². The third-order valence-corrected chi connectivity index (χ3v) is 3.14. The summed E-state index contributed by atoms with van der Waals surface area (Å²) < 4.78 is 61.3. The van der Waals surface area contributed by atoms with E-state index >= 15 is 0 Å². The molecular weight excluding hydrogens is 261 g/mol. The van der Waals surface area contributed by atoms with Gasteiger partial charge in [0.1, 0.15) is 6.04 Å². The zero-order valence-corrected chi connectivity index (χ0v) is 8.56. The SMILES string of the molecule is N[C@H](c1sccc1Cl)C(F)(F)C(F)(F)F. The van der Waals surface area contributed by atoms with Crippen LogP contribution in [0.1, 0.15) is 10.9 Å². The van der Waals surface area contributed by atoms with Crippen LogP contribution in [-0.4, -0.2) is 12.1 Å². The first-order chi connectivity index (χ1) is 6.68. The Labute approximate surface area is 90.6 Å². The molecule has 0 bridgehead atoms. The molecule has 0 aliphatic rings. The van der Waals surface area contributed by atoms with Gasteiger partial charge in [-0.25, -0.2) is 0 Å². The van der Waals surface area contributed by atoms with Crippen molar-refractivity contribution in [3.05, 3.63) is 21.3 Å². The molecule has 0 amide bonds. The normalized spacial score (nSPS) is 15.4. The molecule has 1 aromatic heterocycles. The van der Waals surface area contributed by atoms with E-state index in [-0.39, 0.29) is 9.90 Å². The summed E-state index contributed by atoms with van der Waals surface area (Å²) in [6.45, 7) is 0. The van der Waals surface area contributed by atoms with Gasteiger partial charge in [0.2, 0.25) is 0 Å². The number of nitrogens with two attached hydrogens (primary N) is 1. The lowest BCUT2D eigenvalue weighted by atomic mass is 10.1. The number of rotatable bonds is 2. The summed E-state index contributed by atoms with van der Waals surface area (Å²) in [5, 5.41) is 1.11. The van der Waals surface area contributed by atoms with Gasteiger partial charge in [0.25, 0.3) is 0 Å². The smallest absolute Gasteiger partial charge is 0.318 e. The summed E-state index contributed by atoms with van der Waals surface area (Å²) in [6.07, 6.45) is -5.68. The Kier molecular flexibility index (Phi) is 3.27. The second kappa shape index (κ2) is 3.88. The first-order valence-corrected chi connectivity index (χ1v) is 4.86. The van der Waals surface area contributed by atoms with Crippen molar-refractivity contribution in [1.82, 2.24) is 0 Å². The van der Waals surface area contributed by atoms with Crippen molar-refractivity contribution < 1.29 is 22.0 Å². The molecular formula is C7H5ClF5NS. The van der Waals surface area contributed by atoms with Crippen molar-refractivity contribution in [3.63, 3.8) is 0 Å². The molecule has 0 radical (unpaired) electrons. The second-order valence-electron chi connectivity index (χ2n) is 2.73. The lowest BCUT2D eigenvalue weighted by Crippen LogP contribution is -2.45. The Bertz CT molecular complexity index is 347. The van der Waals surface area contributed by atoms with Crippen molar-refractivity contribution in [2.75, 3.05) is 0 Å². The van der Waals surface area contributed by atoms with Crippen LogP contribution in [0.5, 0.6) is 0 Å². The largest absolute Gasteiger partial charge is 0.455 e. The third kappa shape index (κ3) is 2.24. The van der Waals surface area contributed by atoms with Gasteiger partial charge in [0.05, 0.1) is 5.02 Å². The molecule has 0 saturated carbocycles. The highest BCUT2D eigenvalue weighted by Gasteiger charge is 2.62. The predicted octanol–water partition coefficient (Wildman–Crippen LogP) is 3.60. The lowest BCUT2D eigenvalue weighted by Gasteiger charge is -2.25. The summed E-state index contributed by atoms with van der Waals surface area (Å²) in [5.41, 5.74) is 4.86. The summed E-state index contributed by atoms with van der Waals surface area (Å²) in [5.74, 6) is -4.98. The van der Waals surface area contributed by atoms with Gasteiger partial charge in [-0.3, -0.25) is 0 Å². The average molecular weight is 266 g/mol. The fraction of sp³-hybridized carbons (Fsp3) is 0.429. The minimum atomic E-state index is -5.68. The molecule has 0 aromatic carbocycles. The molecule has 0 spiro atoms. The van der Waals surface area contributed by atoms with E-state index in [9.17, 15) is 22.0 Å². The van der Waals surface area contributed by atoms with Crippen LogP contribution < -0.4 is 5.73 Å². The van der Waals surface area contributed by atoms with E-state index in [2.05, 4.69) is 0 Å². The minimum Gasteiger partial charge on any atom is -0.318 e. The molecule has 0 unspecified atom stereocenters. The van der Waals surface area contributed by atoms with Crippen LogP contribution in [0.3, 0.4) is 0 Å². The molecule has 0 fully saturated rings. The molecule has 1 nitrogen and oxygen atoms in total. The molecule has 0 saturated heterocycles. The van der Waals surface area contributed by atoms with Gasteiger partial charge in [-0.1, -0.05) is 11.6 Å². The predicted molar refractivity (Wildman–Crippen MR) is 47.3 cm³/mol. The van der Waals surface area contributed by atoms with E-state index in [0.717, 1.165) is 0 Å². The van der Waals surface area contributed by atoms with Gasteiger partial charge in [-0.05, 0) is 11.4 Å². The maximum absolute atomic E-state index is 12.8. The van der Waals surface area contributed by atoms with Crippen LogP contribution in [0, 0.1) is 0 Å². The maximum Gasteiger partial charge on any atom is 0.455 e. The third-order valence-electron chi connectivity index (χ3n) is 1.70. The van der Waals surface area contributed by atoms with Crippen LogP contribution in [0.2, 0.25) is 5.02 Å². The van der Waals surface area contributed by atoms with E-state index in [0.29, 0.717) is 11.3 Å². The first kappa shape index (κ1) is 12.7. The second-order valence-corrected chi connectivity index (χ2v) is 4.09. The lowest BCUT2D eigenvalue weighted by molar-refractivity contribution is -0.290. The monoisotopic (exact) mass is 265 g/mol. The van der Waals surface area contributed by atoms with Crippen molar-refractivity contribution in [1.29, 1.82) is 0 Å². The van der Waals surface area contributed by atoms with Gasteiger partial charge in [-0.2, -0.15) is 22.0 Å². The van der Waals surface area contributed by atoms with Gasteiger partial charge < -0.3 is 5.73 Å². The Morgan fingerprint density at radius 3 is 2.13 bits per heavy atom. The Morgan fingerprint density at radius 2 is 1.80 bits per heavy atom. The van der Waals surface area contributed by atoms with E-state index in [1.807, 2.05) is 0 Å². The minimum absolute atomic E-state index is 0.184. The topological polar surface area (TPSA) is 26.0 Å². The quantitative estimate of drug-likeness (QED) is 0.813. The van der Waals surface area contributed by atoms with Gasteiger partial charge in [-0.15, -0.1) is 11.3 Å². The summed E-state index contributed by atoms with van der Waals surface area (Å²) in [4.78, 5) is -0.376. The van der Waals surface area contributed by atoms with E-state index < -0.39 is 18.1 Å². The average Bonchev–Trinajstić information content (AvgIpc) is 2.48. The van der Waals surface area contributed by atoms with E-state index in [4.69, 9.17) is 17.3 Å². The molecule has 1 heterocycles. The Morgan fingerprint density at radius 1 is 1.27 bits per heavy atom. The number of hydrogen-bond donors (Lipinski definition) is 1. The summed E-state index contributed by atoms with van der Waals surface area (Å²) >= 11 is 6.08. The number of thiophene rings is 1. The van der Waals surface area contributed by atoms with Crippen LogP contribution in [0.25, 0.3) is 0 Å². The summed E-state index contributed by atoms with van der Waals surface area (Å²) in [6, 6.07) is -1.25. The highest BCUT2D eigenvalue weighted by atomic mass is 35.5. The van der Waals surface area contributed by atoms with Crippen LogP contribution in [0.15, 0.2) is 11.4 Å². The first-order valence-electron chi connectivity index (χ1n) is 3.61. The van der Waals surface area contributed by atoms with Crippen molar-refractivity contribution >= 4 is 22.9 Å². The molecule has 8 heteroatoms. The molecule has 86 valence electrons. The molecule has 1 atom stereocenters. The molecule has 0 aliphatic carbocycles. The standard InChI is InChI=1S/C7H5ClF5NS/c8-3-1-2-15-4(3)5(14)6(9,10)7(11,12)13/h1-2,5H,14H2/t5-/m1/s1. The molecule has 1 rings (SSSR count). The van der Waals surface area contributed by atoms with Gasteiger partial charge in [0.15, 0.2) is 0 Å². The van der Waals surface area contributed by atoms with Gasteiger partial charge >= 0.3 is 12.1 Å². The van der Waals surface area contributed by atoms with Crippen LogP contribution in [0.4, 0.5) is 22.0 Å². The van der Waals surface area contributed by atoms with Crippen molar-refractivity contribution in [3.8, 4) is 0 Å². The van der Waals surface area contributed by atoms with E-state index in [1.165, 1.54) is 11.4 Å². The Hall–Kier alpha value is -0.400. The Balaban J connectivity index is 3.05. The van der Waals surface area contributed by atoms with Gasteiger partial charge in [0, 0.05) is 4.88 Å².